The highest BCUT2D eigenvalue weighted by Crippen LogP contribution is 2.34. The van der Waals surface area contributed by atoms with E-state index in [-0.39, 0.29) is 17.9 Å². The standard InChI is InChI=1S/C24H27FIN3O4/c1-14-5-6-29-19(12-16-13-28(7-8-32-16)23(31)33-24(2,3)4)22(27-20(29)9-14)21-17(25)10-15(30)11-18(21)26/h5-6,9-11,16,30H,7-8,12-13H2,1-4H3/t16-/m0/s1. The normalized spacial score (nSPS) is 16.9. The van der Waals surface area contributed by atoms with Gasteiger partial charge in [0, 0.05) is 28.8 Å². The molecular formula is C24H27FIN3O4. The Bertz CT molecular complexity index is 1180. The Morgan fingerprint density at radius 2 is 2.12 bits per heavy atom. The van der Waals surface area contributed by atoms with Crippen LogP contribution in [-0.4, -0.2) is 56.9 Å². The number of nitrogens with zero attached hydrogens (tertiary/aromatic N) is 3. The molecule has 9 heteroatoms. The van der Waals surface area contributed by atoms with Crippen LogP contribution < -0.4 is 0 Å². The van der Waals surface area contributed by atoms with Crippen LogP contribution in [0.25, 0.3) is 16.9 Å². The van der Waals surface area contributed by atoms with Crippen LogP contribution in [-0.2, 0) is 15.9 Å². The number of pyridine rings is 1. The predicted molar refractivity (Wildman–Crippen MR) is 131 cm³/mol. The van der Waals surface area contributed by atoms with Crippen LogP contribution in [0.4, 0.5) is 9.18 Å². The molecular weight excluding hydrogens is 540 g/mol. The average Bonchev–Trinajstić information content (AvgIpc) is 3.03. The number of hydrogen-bond donors (Lipinski definition) is 1. The fraction of sp³-hybridized carbons (Fsp3) is 0.417. The number of carbonyl (C=O) groups is 1. The summed E-state index contributed by atoms with van der Waals surface area (Å²) in [7, 11) is 0. The van der Waals surface area contributed by atoms with Gasteiger partial charge in [0.05, 0.1) is 36.2 Å². The Morgan fingerprint density at radius 1 is 1.36 bits per heavy atom. The smallest absolute Gasteiger partial charge is 0.410 e. The summed E-state index contributed by atoms with van der Waals surface area (Å²) in [5.74, 6) is -0.675. The zero-order valence-electron chi connectivity index (χ0n) is 19.1. The van der Waals surface area contributed by atoms with Gasteiger partial charge in [-0.2, -0.15) is 0 Å². The molecule has 2 aromatic heterocycles. The first-order valence-corrected chi connectivity index (χ1v) is 11.8. The number of aromatic hydroxyl groups is 1. The molecule has 0 bridgehead atoms. The van der Waals surface area contributed by atoms with Crippen LogP contribution in [0.3, 0.4) is 0 Å². The monoisotopic (exact) mass is 567 g/mol. The number of carbonyl (C=O) groups excluding carboxylic acids is 1. The molecule has 1 aliphatic rings. The average molecular weight is 567 g/mol. The Morgan fingerprint density at radius 3 is 2.82 bits per heavy atom. The van der Waals surface area contributed by atoms with E-state index in [0.717, 1.165) is 17.3 Å². The van der Waals surface area contributed by atoms with Crippen LogP contribution in [0, 0.1) is 16.3 Å². The molecule has 4 rings (SSSR count). The number of phenolic OH excluding ortho intramolecular Hbond substituents is 1. The Hall–Kier alpha value is -2.40. The third-order valence-corrected chi connectivity index (χ3v) is 6.21. The van der Waals surface area contributed by atoms with E-state index in [9.17, 15) is 14.3 Å². The van der Waals surface area contributed by atoms with Gasteiger partial charge >= 0.3 is 6.09 Å². The summed E-state index contributed by atoms with van der Waals surface area (Å²) in [6.07, 6.45) is 1.67. The molecule has 7 nitrogen and oxygen atoms in total. The highest BCUT2D eigenvalue weighted by atomic mass is 127. The summed E-state index contributed by atoms with van der Waals surface area (Å²) in [5.41, 5.74) is 2.78. The van der Waals surface area contributed by atoms with E-state index >= 15 is 0 Å². The fourth-order valence-corrected chi connectivity index (χ4v) is 4.76. The lowest BCUT2D eigenvalue weighted by Gasteiger charge is -2.34. The third-order valence-electron chi connectivity index (χ3n) is 5.36. The lowest BCUT2D eigenvalue weighted by atomic mass is 10.0. The van der Waals surface area contributed by atoms with E-state index in [4.69, 9.17) is 14.5 Å². The van der Waals surface area contributed by atoms with E-state index < -0.39 is 11.4 Å². The number of morpholine rings is 1. The highest BCUT2D eigenvalue weighted by molar-refractivity contribution is 14.1. The quantitative estimate of drug-likeness (QED) is 0.454. The molecule has 0 unspecified atom stereocenters. The lowest BCUT2D eigenvalue weighted by Crippen LogP contribution is -2.48. The summed E-state index contributed by atoms with van der Waals surface area (Å²) in [4.78, 5) is 19.0. The molecule has 0 spiro atoms. The zero-order chi connectivity index (χ0) is 23.9. The lowest BCUT2D eigenvalue weighted by molar-refractivity contribution is -0.0418. The number of ether oxygens (including phenoxy) is 2. The Labute approximate surface area is 205 Å². The van der Waals surface area contributed by atoms with Gasteiger partial charge < -0.3 is 23.9 Å². The van der Waals surface area contributed by atoms with E-state index in [2.05, 4.69) is 0 Å². The van der Waals surface area contributed by atoms with Gasteiger partial charge in [0.25, 0.3) is 0 Å². The molecule has 1 N–H and O–H groups in total. The molecule has 0 saturated carbocycles. The van der Waals surface area contributed by atoms with Crippen molar-refractivity contribution in [2.45, 2.75) is 45.8 Å². The molecule has 0 radical (unpaired) electrons. The predicted octanol–water partition coefficient (Wildman–Crippen LogP) is 4.94. The number of fused-ring (bicyclic) bond motifs is 1. The SMILES string of the molecule is Cc1ccn2c(C[C@H]3CN(C(=O)OC(C)(C)C)CCO3)c(-c3c(F)cc(O)cc3I)nc2c1. The maximum Gasteiger partial charge on any atom is 0.410 e. The summed E-state index contributed by atoms with van der Waals surface area (Å²) >= 11 is 2.01. The molecule has 1 saturated heterocycles. The molecule has 1 aliphatic heterocycles. The van der Waals surface area contributed by atoms with Crippen LogP contribution in [0.1, 0.15) is 32.0 Å². The largest absolute Gasteiger partial charge is 0.508 e. The van der Waals surface area contributed by atoms with Crippen LogP contribution in [0.15, 0.2) is 30.5 Å². The third kappa shape index (κ3) is 5.24. The molecule has 1 aromatic carbocycles. The van der Waals surface area contributed by atoms with Crippen molar-refractivity contribution in [3.8, 4) is 17.0 Å². The first-order valence-electron chi connectivity index (χ1n) is 10.8. The van der Waals surface area contributed by atoms with Gasteiger partial charge in [-0.25, -0.2) is 14.2 Å². The second kappa shape index (κ2) is 9.09. The number of imidazole rings is 1. The molecule has 3 heterocycles. The molecule has 1 fully saturated rings. The van der Waals surface area contributed by atoms with E-state index in [1.165, 1.54) is 6.07 Å². The van der Waals surface area contributed by atoms with Crippen LogP contribution in [0.5, 0.6) is 5.75 Å². The number of phenols is 1. The first-order chi connectivity index (χ1) is 15.5. The van der Waals surface area contributed by atoms with Gasteiger partial charge in [0.1, 0.15) is 22.8 Å². The van der Waals surface area contributed by atoms with E-state index in [1.54, 1.807) is 4.90 Å². The van der Waals surface area contributed by atoms with Crippen molar-refractivity contribution < 1.29 is 23.8 Å². The maximum absolute atomic E-state index is 15.0. The van der Waals surface area contributed by atoms with Crippen molar-refractivity contribution in [2.75, 3.05) is 19.7 Å². The second-order valence-electron chi connectivity index (χ2n) is 9.25. The summed E-state index contributed by atoms with van der Waals surface area (Å²) in [5, 5.41) is 9.79. The second-order valence-corrected chi connectivity index (χ2v) is 10.4. The minimum atomic E-state index is -0.579. The number of aromatic nitrogens is 2. The number of benzene rings is 1. The van der Waals surface area contributed by atoms with Gasteiger partial charge in [0.15, 0.2) is 0 Å². The maximum atomic E-state index is 15.0. The van der Waals surface area contributed by atoms with Crippen molar-refractivity contribution in [2.24, 2.45) is 0 Å². The molecule has 3 aromatic rings. The van der Waals surface area contributed by atoms with E-state index in [1.807, 2.05) is 73.0 Å². The van der Waals surface area contributed by atoms with Gasteiger partial charge in [-0.15, -0.1) is 0 Å². The Kier molecular flexibility index (Phi) is 6.54. The van der Waals surface area contributed by atoms with Crippen molar-refractivity contribution in [1.29, 1.82) is 0 Å². The van der Waals surface area contributed by atoms with Gasteiger partial charge in [0.2, 0.25) is 0 Å². The van der Waals surface area contributed by atoms with Gasteiger partial charge in [-0.1, -0.05) is 0 Å². The zero-order valence-corrected chi connectivity index (χ0v) is 21.2. The minimum Gasteiger partial charge on any atom is -0.508 e. The number of aryl methyl sites for hydroxylation is 1. The van der Waals surface area contributed by atoms with Gasteiger partial charge in [-0.3, -0.25) is 0 Å². The Balaban J connectivity index is 1.70. The molecule has 1 atom stereocenters. The number of halogens is 2. The van der Waals surface area contributed by atoms with Crippen molar-refractivity contribution >= 4 is 34.3 Å². The van der Waals surface area contributed by atoms with Crippen LogP contribution in [0.2, 0.25) is 0 Å². The highest BCUT2D eigenvalue weighted by Gasteiger charge is 2.30. The van der Waals surface area contributed by atoms with Crippen LogP contribution >= 0.6 is 22.6 Å². The topological polar surface area (TPSA) is 76.3 Å². The molecule has 176 valence electrons. The fourth-order valence-electron chi connectivity index (χ4n) is 3.93. The van der Waals surface area contributed by atoms with E-state index in [0.29, 0.717) is 46.6 Å². The summed E-state index contributed by atoms with van der Waals surface area (Å²) in [6.45, 7) is 8.69. The van der Waals surface area contributed by atoms with Gasteiger partial charge in [-0.05, 0) is 74.0 Å². The van der Waals surface area contributed by atoms with Crippen molar-refractivity contribution in [1.82, 2.24) is 14.3 Å². The van der Waals surface area contributed by atoms with Crippen molar-refractivity contribution in [3.05, 3.63) is 51.1 Å². The molecule has 33 heavy (non-hydrogen) atoms. The van der Waals surface area contributed by atoms with Crippen molar-refractivity contribution in [3.63, 3.8) is 0 Å². The first kappa shape index (κ1) is 23.7. The number of rotatable bonds is 3. The molecule has 0 aliphatic carbocycles. The molecule has 1 amide bonds. The summed E-state index contributed by atoms with van der Waals surface area (Å²) in [6, 6.07) is 6.51. The minimum absolute atomic E-state index is 0.134. The summed E-state index contributed by atoms with van der Waals surface area (Å²) < 4.78 is 29.0. The number of amides is 1. The number of hydrogen-bond acceptors (Lipinski definition) is 5.